The van der Waals surface area contributed by atoms with Crippen LogP contribution < -0.4 is 5.73 Å². The van der Waals surface area contributed by atoms with E-state index < -0.39 is 0 Å². The predicted octanol–water partition coefficient (Wildman–Crippen LogP) is 2.84. The fourth-order valence-corrected chi connectivity index (χ4v) is 3.70. The first-order chi connectivity index (χ1) is 9.08. The molecular weight excluding hydrogens is 236 g/mol. The van der Waals surface area contributed by atoms with Gasteiger partial charge >= 0.3 is 0 Å². The second-order valence-electron chi connectivity index (χ2n) is 6.74. The summed E-state index contributed by atoms with van der Waals surface area (Å²) in [6, 6.07) is 0. The van der Waals surface area contributed by atoms with Crippen LogP contribution in [0.1, 0.15) is 75.9 Å². The van der Waals surface area contributed by atoms with Gasteiger partial charge in [0.15, 0.2) is 5.82 Å². The monoisotopic (exact) mass is 262 g/mol. The number of rotatable bonds is 2. The third-order valence-corrected chi connectivity index (χ3v) is 5.11. The van der Waals surface area contributed by atoms with Crippen molar-refractivity contribution in [1.82, 2.24) is 14.8 Å². The summed E-state index contributed by atoms with van der Waals surface area (Å²) in [4.78, 5) is 4.84. The molecule has 0 spiro atoms. The Labute approximate surface area is 115 Å². The summed E-state index contributed by atoms with van der Waals surface area (Å²) in [5.41, 5.74) is 6.39. The van der Waals surface area contributed by atoms with Crippen molar-refractivity contribution in [2.24, 2.45) is 18.7 Å². The number of nitrogens with zero attached hydrogens (tertiary/aromatic N) is 3. The predicted molar refractivity (Wildman–Crippen MR) is 75.7 cm³/mol. The molecule has 0 radical (unpaired) electrons. The molecule has 0 saturated heterocycles. The largest absolute Gasteiger partial charge is 0.319 e. The highest BCUT2D eigenvalue weighted by atomic mass is 15.3. The number of aryl methyl sites for hydroxylation is 1. The van der Waals surface area contributed by atoms with Gasteiger partial charge in [-0.2, -0.15) is 5.10 Å². The fraction of sp³-hybridized carbons (Fsp3) is 0.867. The summed E-state index contributed by atoms with van der Waals surface area (Å²) in [6.45, 7) is 2.32. The Kier molecular flexibility index (Phi) is 3.37. The van der Waals surface area contributed by atoms with Gasteiger partial charge in [-0.15, -0.1) is 0 Å². The van der Waals surface area contributed by atoms with Crippen LogP contribution in [0.25, 0.3) is 0 Å². The SMILES string of the molecule is CC1CCC(N)(c2nc(C3CCCC3)nn2C)CC1. The van der Waals surface area contributed by atoms with Crippen molar-refractivity contribution in [1.29, 1.82) is 0 Å². The number of hydrogen-bond acceptors (Lipinski definition) is 3. The van der Waals surface area contributed by atoms with Gasteiger partial charge in [-0.1, -0.05) is 19.8 Å². The summed E-state index contributed by atoms with van der Waals surface area (Å²) < 4.78 is 1.95. The van der Waals surface area contributed by atoms with E-state index in [1.165, 1.54) is 38.5 Å². The quantitative estimate of drug-likeness (QED) is 0.891. The molecule has 3 rings (SSSR count). The lowest BCUT2D eigenvalue weighted by molar-refractivity contribution is 0.231. The lowest BCUT2D eigenvalue weighted by Gasteiger charge is -2.34. The zero-order valence-corrected chi connectivity index (χ0v) is 12.2. The lowest BCUT2D eigenvalue weighted by atomic mass is 9.77. The topological polar surface area (TPSA) is 56.7 Å². The Balaban J connectivity index is 1.84. The molecule has 4 heteroatoms. The van der Waals surface area contributed by atoms with Crippen molar-refractivity contribution in [2.75, 3.05) is 0 Å². The van der Waals surface area contributed by atoms with Crippen LogP contribution in [0.15, 0.2) is 0 Å². The van der Waals surface area contributed by atoms with Crippen LogP contribution >= 0.6 is 0 Å². The van der Waals surface area contributed by atoms with Crippen LogP contribution in [-0.4, -0.2) is 14.8 Å². The molecule has 2 aliphatic carbocycles. The summed E-state index contributed by atoms with van der Waals surface area (Å²) in [5, 5.41) is 4.66. The van der Waals surface area contributed by atoms with Gasteiger partial charge in [-0.25, -0.2) is 4.98 Å². The molecule has 0 amide bonds. The molecule has 0 bridgehead atoms. The van der Waals surface area contributed by atoms with E-state index in [1.807, 2.05) is 11.7 Å². The minimum absolute atomic E-state index is 0.245. The average Bonchev–Trinajstić information content (AvgIpc) is 3.02. The van der Waals surface area contributed by atoms with Crippen molar-refractivity contribution in [3.63, 3.8) is 0 Å². The highest BCUT2D eigenvalue weighted by Crippen LogP contribution is 2.38. The molecular formula is C15H26N4. The van der Waals surface area contributed by atoms with Gasteiger partial charge in [0.05, 0.1) is 5.54 Å². The van der Waals surface area contributed by atoms with Gasteiger partial charge in [0.25, 0.3) is 0 Å². The maximum Gasteiger partial charge on any atom is 0.154 e. The molecule has 1 heterocycles. The van der Waals surface area contributed by atoms with E-state index >= 15 is 0 Å². The molecule has 2 fully saturated rings. The van der Waals surface area contributed by atoms with Crippen molar-refractivity contribution in [3.8, 4) is 0 Å². The van der Waals surface area contributed by atoms with Crippen LogP contribution in [0.3, 0.4) is 0 Å². The van der Waals surface area contributed by atoms with E-state index in [0.717, 1.165) is 30.4 Å². The zero-order chi connectivity index (χ0) is 13.5. The summed E-state index contributed by atoms with van der Waals surface area (Å²) >= 11 is 0. The van der Waals surface area contributed by atoms with Crippen LogP contribution in [0, 0.1) is 5.92 Å². The molecule has 1 aromatic heterocycles. The van der Waals surface area contributed by atoms with Gasteiger partial charge in [0.2, 0.25) is 0 Å². The van der Waals surface area contributed by atoms with Crippen molar-refractivity contribution >= 4 is 0 Å². The highest BCUT2D eigenvalue weighted by Gasteiger charge is 2.37. The molecule has 0 unspecified atom stereocenters. The Morgan fingerprint density at radius 2 is 1.79 bits per heavy atom. The molecule has 2 N–H and O–H groups in total. The Morgan fingerprint density at radius 3 is 2.42 bits per heavy atom. The lowest BCUT2D eigenvalue weighted by Crippen LogP contribution is -2.42. The fourth-order valence-electron chi connectivity index (χ4n) is 3.70. The first-order valence-corrected chi connectivity index (χ1v) is 7.79. The van der Waals surface area contributed by atoms with Gasteiger partial charge in [0, 0.05) is 13.0 Å². The Morgan fingerprint density at radius 1 is 1.16 bits per heavy atom. The summed E-state index contributed by atoms with van der Waals surface area (Å²) in [5.74, 6) is 3.44. The number of aromatic nitrogens is 3. The molecule has 4 nitrogen and oxygen atoms in total. The first-order valence-electron chi connectivity index (χ1n) is 7.79. The maximum atomic E-state index is 6.63. The van der Waals surface area contributed by atoms with Crippen molar-refractivity contribution in [3.05, 3.63) is 11.6 Å². The van der Waals surface area contributed by atoms with Crippen LogP contribution in [0.4, 0.5) is 0 Å². The van der Waals surface area contributed by atoms with Crippen molar-refractivity contribution in [2.45, 2.75) is 69.7 Å². The molecule has 0 atom stereocenters. The molecule has 1 aromatic rings. The van der Waals surface area contributed by atoms with Crippen LogP contribution in [0.5, 0.6) is 0 Å². The normalized spacial score (nSPS) is 32.9. The molecule has 19 heavy (non-hydrogen) atoms. The highest BCUT2D eigenvalue weighted by molar-refractivity contribution is 5.11. The zero-order valence-electron chi connectivity index (χ0n) is 12.2. The maximum absolute atomic E-state index is 6.63. The minimum Gasteiger partial charge on any atom is -0.319 e. The van der Waals surface area contributed by atoms with Crippen LogP contribution in [-0.2, 0) is 12.6 Å². The van der Waals surface area contributed by atoms with Crippen molar-refractivity contribution < 1.29 is 0 Å². The molecule has 0 aromatic carbocycles. The van der Waals surface area contributed by atoms with Gasteiger partial charge < -0.3 is 5.73 Å². The second-order valence-corrected chi connectivity index (χ2v) is 6.74. The standard InChI is InChI=1S/C15H26N4/c1-11-7-9-15(16,10-8-11)14-17-13(18-19(14)2)12-5-3-4-6-12/h11-12H,3-10,16H2,1-2H3. The second kappa shape index (κ2) is 4.89. The number of nitrogens with two attached hydrogens (primary N) is 1. The molecule has 0 aliphatic heterocycles. The molecule has 2 saturated carbocycles. The number of hydrogen-bond donors (Lipinski definition) is 1. The van der Waals surface area contributed by atoms with Gasteiger partial charge in [-0.3, -0.25) is 4.68 Å². The third kappa shape index (κ3) is 2.42. The summed E-state index contributed by atoms with van der Waals surface area (Å²) in [6.07, 6.45) is 9.66. The van der Waals surface area contributed by atoms with E-state index in [9.17, 15) is 0 Å². The third-order valence-electron chi connectivity index (χ3n) is 5.11. The molecule has 106 valence electrons. The van der Waals surface area contributed by atoms with E-state index in [-0.39, 0.29) is 5.54 Å². The van der Waals surface area contributed by atoms with E-state index in [1.54, 1.807) is 0 Å². The Bertz CT molecular complexity index is 437. The smallest absolute Gasteiger partial charge is 0.154 e. The minimum atomic E-state index is -0.245. The van der Waals surface area contributed by atoms with E-state index in [0.29, 0.717) is 5.92 Å². The van der Waals surface area contributed by atoms with E-state index in [4.69, 9.17) is 10.7 Å². The molecule has 2 aliphatic rings. The average molecular weight is 262 g/mol. The van der Waals surface area contributed by atoms with Gasteiger partial charge in [-0.05, 0) is 44.4 Å². The van der Waals surface area contributed by atoms with Gasteiger partial charge in [0.1, 0.15) is 5.82 Å². The summed E-state index contributed by atoms with van der Waals surface area (Å²) in [7, 11) is 2.01. The first kappa shape index (κ1) is 13.1. The van der Waals surface area contributed by atoms with E-state index in [2.05, 4.69) is 12.0 Å². The van der Waals surface area contributed by atoms with Crippen LogP contribution in [0.2, 0.25) is 0 Å². The Hall–Kier alpha value is -0.900.